The monoisotopic (exact) mass is 193 g/mol. The van der Waals surface area contributed by atoms with Crippen LogP contribution in [-0.2, 0) is 0 Å². The van der Waals surface area contributed by atoms with Gasteiger partial charge in [0.15, 0.2) is 0 Å². The molecule has 13 heavy (non-hydrogen) atoms. The zero-order chi connectivity index (χ0) is 9.26. The van der Waals surface area contributed by atoms with E-state index in [0.717, 1.165) is 5.02 Å². The fraction of sp³-hybridized carbons (Fsp3) is 0.417. The number of rotatable bonds is 2. The Bertz CT molecular complexity index is 272. The molecule has 1 unspecified atom stereocenters. The Morgan fingerprint density at radius 2 is 1.77 bits per heavy atom. The van der Waals surface area contributed by atoms with Gasteiger partial charge in [-0.05, 0) is 42.4 Å². The highest BCUT2D eigenvalue weighted by atomic mass is 35.5. The van der Waals surface area contributed by atoms with E-state index in [-0.39, 0.29) is 0 Å². The van der Waals surface area contributed by atoms with E-state index in [0.29, 0.717) is 5.92 Å². The maximum absolute atomic E-state index is 5.84. The Kier molecular flexibility index (Phi) is 2.59. The Balaban J connectivity index is 2.10. The standard InChI is InChI=1S/C12H14Cl/c1-9(10-3-2-4-10)11-5-7-12(13)8-6-11/h5-9H,2-4H2,1H3. The van der Waals surface area contributed by atoms with Gasteiger partial charge in [-0.15, -0.1) is 0 Å². The summed E-state index contributed by atoms with van der Waals surface area (Å²) in [4.78, 5) is 0. The van der Waals surface area contributed by atoms with Crippen LogP contribution >= 0.6 is 11.6 Å². The first kappa shape index (κ1) is 9.08. The largest absolute Gasteiger partial charge is 0.0843 e. The molecule has 0 aromatic heterocycles. The zero-order valence-electron chi connectivity index (χ0n) is 7.89. The second-order valence-electron chi connectivity index (χ2n) is 3.79. The third-order valence-electron chi connectivity index (χ3n) is 2.98. The Morgan fingerprint density at radius 1 is 1.15 bits per heavy atom. The van der Waals surface area contributed by atoms with Crippen LogP contribution in [-0.4, -0.2) is 0 Å². The van der Waals surface area contributed by atoms with Crippen LogP contribution in [0.4, 0.5) is 0 Å². The lowest BCUT2D eigenvalue weighted by molar-refractivity contribution is 0.482. The van der Waals surface area contributed by atoms with Crippen LogP contribution in [0.15, 0.2) is 24.3 Å². The highest BCUT2D eigenvalue weighted by Crippen LogP contribution is 2.40. The smallest absolute Gasteiger partial charge is 0.0406 e. The molecule has 1 radical (unpaired) electrons. The van der Waals surface area contributed by atoms with Gasteiger partial charge in [0.25, 0.3) is 0 Å². The van der Waals surface area contributed by atoms with E-state index >= 15 is 0 Å². The van der Waals surface area contributed by atoms with E-state index in [1.807, 2.05) is 12.1 Å². The van der Waals surface area contributed by atoms with Gasteiger partial charge in [0, 0.05) is 5.02 Å². The molecule has 0 heterocycles. The number of hydrogen-bond acceptors (Lipinski definition) is 0. The van der Waals surface area contributed by atoms with Crippen molar-refractivity contribution < 1.29 is 0 Å². The van der Waals surface area contributed by atoms with Gasteiger partial charge in [-0.25, -0.2) is 0 Å². The molecule has 2 rings (SSSR count). The minimum Gasteiger partial charge on any atom is -0.0843 e. The fourth-order valence-electron chi connectivity index (χ4n) is 1.80. The quantitative estimate of drug-likeness (QED) is 0.661. The summed E-state index contributed by atoms with van der Waals surface area (Å²) in [6.07, 6.45) is 4.03. The van der Waals surface area contributed by atoms with Crippen molar-refractivity contribution in [3.05, 3.63) is 40.8 Å². The maximum atomic E-state index is 5.84. The molecule has 1 aromatic rings. The summed E-state index contributed by atoms with van der Waals surface area (Å²) in [5.74, 6) is 2.33. The van der Waals surface area contributed by atoms with E-state index in [2.05, 4.69) is 19.1 Å². The molecule has 0 bridgehead atoms. The minimum atomic E-state index is 0.631. The van der Waals surface area contributed by atoms with Crippen LogP contribution < -0.4 is 0 Å². The summed E-state index contributed by atoms with van der Waals surface area (Å²) in [6, 6.07) is 8.23. The lowest BCUT2D eigenvalue weighted by Gasteiger charge is -2.31. The predicted molar refractivity (Wildman–Crippen MR) is 57.0 cm³/mol. The van der Waals surface area contributed by atoms with Crippen molar-refractivity contribution in [2.24, 2.45) is 0 Å². The van der Waals surface area contributed by atoms with Crippen molar-refractivity contribution in [2.75, 3.05) is 0 Å². The average molecular weight is 194 g/mol. The van der Waals surface area contributed by atoms with E-state index < -0.39 is 0 Å². The second-order valence-corrected chi connectivity index (χ2v) is 4.22. The Labute approximate surface area is 84.9 Å². The van der Waals surface area contributed by atoms with Crippen LogP contribution in [0.5, 0.6) is 0 Å². The Hall–Kier alpha value is -0.490. The second kappa shape index (κ2) is 3.71. The van der Waals surface area contributed by atoms with E-state index in [9.17, 15) is 0 Å². The molecule has 1 fully saturated rings. The van der Waals surface area contributed by atoms with Crippen molar-refractivity contribution in [1.29, 1.82) is 0 Å². The fourth-order valence-corrected chi connectivity index (χ4v) is 1.93. The van der Waals surface area contributed by atoms with Gasteiger partial charge in [-0.2, -0.15) is 0 Å². The first-order valence-corrected chi connectivity index (χ1v) is 5.25. The highest BCUT2D eigenvalue weighted by Gasteiger charge is 2.25. The van der Waals surface area contributed by atoms with E-state index in [1.165, 1.54) is 24.8 Å². The van der Waals surface area contributed by atoms with Crippen LogP contribution in [0.2, 0.25) is 5.02 Å². The normalized spacial score (nSPS) is 19.5. The number of hydrogen-bond donors (Lipinski definition) is 0. The van der Waals surface area contributed by atoms with Crippen LogP contribution in [0.25, 0.3) is 0 Å². The molecule has 0 aliphatic heterocycles. The van der Waals surface area contributed by atoms with E-state index in [4.69, 9.17) is 11.6 Å². The summed E-state index contributed by atoms with van der Waals surface area (Å²) in [5.41, 5.74) is 1.40. The topological polar surface area (TPSA) is 0 Å². The van der Waals surface area contributed by atoms with Crippen LogP contribution in [0.1, 0.15) is 37.7 Å². The predicted octanol–water partition coefficient (Wildman–Crippen LogP) is 4.20. The van der Waals surface area contributed by atoms with Crippen LogP contribution in [0.3, 0.4) is 0 Å². The molecule has 0 N–H and O–H groups in total. The van der Waals surface area contributed by atoms with Gasteiger partial charge in [-0.3, -0.25) is 0 Å². The lowest BCUT2D eigenvalue weighted by Crippen LogP contribution is -2.15. The van der Waals surface area contributed by atoms with Gasteiger partial charge < -0.3 is 0 Å². The van der Waals surface area contributed by atoms with Crippen molar-refractivity contribution in [2.45, 2.75) is 32.1 Å². The van der Waals surface area contributed by atoms with Crippen molar-refractivity contribution in [1.82, 2.24) is 0 Å². The minimum absolute atomic E-state index is 0.631. The van der Waals surface area contributed by atoms with Gasteiger partial charge in [0.05, 0.1) is 0 Å². The van der Waals surface area contributed by atoms with Gasteiger partial charge >= 0.3 is 0 Å². The van der Waals surface area contributed by atoms with Crippen molar-refractivity contribution in [3.8, 4) is 0 Å². The van der Waals surface area contributed by atoms with Gasteiger partial charge in [-0.1, -0.05) is 37.1 Å². The lowest BCUT2D eigenvalue weighted by atomic mass is 9.74. The maximum Gasteiger partial charge on any atom is 0.0406 e. The molecule has 0 saturated heterocycles. The highest BCUT2D eigenvalue weighted by molar-refractivity contribution is 6.30. The SMILES string of the molecule is CC([C]1CCC1)c1ccc(Cl)cc1. The molecule has 69 valence electrons. The first-order chi connectivity index (χ1) is 6.27. The van der Waals surface area contributed by atoms with Crippen molar-refractivity contribution >= 4 is 11.6 Å². The summed E-state index contributed by atoms with van der Waals surface area (Å²) in [5, 5.41) is 0.828. The molecule has 0 amide bonds. The molecular formula is C12H14Cl. The van der Waals surface area contributed by atoms with Crippen LogP contribution in [0, 0.1) is 5.92 Å². The zero-order valence-corrected chi connectivity index (χ0v) is 8.64. The summed E-state index contributed by atoms with van der Waals surface area (Å²) < 4.78 is 0. The molecule has 0 spiro atoms. The van der Waals surface area contributed by atoms with Crippen molar-refractivity contribution in [3.63, 3.8) is 0 Å². The molecule has 1 saturated carbocycles. The summed E-state index contributed by atoms with van der Waals surface area (Å²) in [6.45, 7) is 2.29. The molecular weight excluding hydrogens is 180 g/mol. The molecule has 1 aliphatic carbocycles. The molecule has 1 aliphatic rings. The third kappa shape index (κ3) is 1.88. The summed E-state index contributed by atoms with van der Waals surface area (Å²) >= 11 is 5.84. The molecule has 1 heteroatoms. The summed E-state index contributed by atoms with van der Waals surface area (Å²) in [7, 11) is 0. The first-order valence-electron chi connectivity index (χ1n) is 4.87. The number of halogens is 1. The molecule has 1 aromatic carbocycles. The molecule has 1 atom stereocenters. The Morgan fingerprint density at radius 3 is 2.23 bits per heavy atom. The van der Waals surface area contributed by atoms with Gasteiger partial charge in [0.1, 0.15) is 0 Å². The van der Waals surface area contributed by atoms with Gasteiger partial charge in [0.2, 0.25) is 0 Å². The third-order valence-corrected chi connectivity index (χ3v) is 3.23. The van der Waals surface area contributed by atoms with E-state index in [1.54, 1.807) is 5.92 Å². The molecule has 0 nitrogen and oxygen atoms in total. The number of benzene rings is 1. The average Bonchev–Trinajstić information content (AvgIpc) is 2.02.